The quantitative estimate of drug-likeness (QED) is 0.296. The Hall–Kier alpha value is -0.690. The van der Waals surface area contributed by atoms with Gasteiger partial charge in [-0.3, -0.25) is 4.79 Å². The molecular weight excluding hydrogens is 304 g/mol. The summed E-state index contributed by atoms with van der Waals surface area (Å²) in [4.78, 5) is 11.5. The van der Waals surface area contributed by atoms with Gasteiger partial charge in [0.05, 0.1) is 13.2 Å². The summed E-state index contributed by atoms with van der Waals surface area (Å²) in [6.07, 6.45) is -11.6. The van der Waals surface area contributed by atoms with E-state index in [0.717, 1.165) is 0 Å². The molecule has 2 saturated heterocycles. The molecule has 10 nitrogen and oxygen atoms in total. The summed E-state index contributed by atoms with van der Waals surface area (Å²) < 4.78 is 15.4. The lowest BCUT2D eigenvalue weighted by Gasteiger charge is -2.43. The maximum absolute atomic E-state index is 11.5. The topological polar surface area (TPSA) is 166 Å². The van der Waals surface area contributed by atoms with E-state index in [1.165, 1.54) is 0 Å². The van der Waals surface area contributed by atoms with Gasteiger partial charge in [-0.15, -0.1) is 0 Å². The van der Waals surface area contributed by atoms with Crippen LogP contribution in [0.3, 0.4) is 0 Å². The van der Waals surface area contributed by atoms with Crippen molar-refractivity contribution in [3.05, 3.63) is 0 Å². The van der Waals surface area contributed by atoms with E-state index < -0.39 is 68.0 Å². The summed E-state index contributed by atoms with van der Waals surface area (Å²) in [5, 5.41) is 57.3. The van der Waals surface area contributed by atoms with E-state index in [9.17, 15) is 30.3 Å². The highest BCUT2D eigenvalue weighted by Crippen LogP contribution is 2.26. The van der Waals surface area contributed by atoms with E-state index in [4.69, 9.17) is 19.3 Å². The fourth-order valence-corrected chi connectivity index (χ4v) is 2.41. The highest BCUT2D eigenvalue weighted by molar-refractivity contribution is 5.85. The molecule has 0 aliphatic carbocycles. The number of ketones is 1. The van der Waals surface area contributed by atoms with Crippen LogP contribution in [0, 0.1) is 0 Å². The van der Waals surface area contributed by atoms with Crippen molar-refractivity contribution < 1.29 is 49.6 Å². The van der Waals surface area contributed by atoms with Gasteiger partial charge in [0.15, 0.2) is 12.1 Å². The molecule has 128 valence electrons. The second kappa shape index (κ2) is 7.25. The van der Waals surface area contributed by atoms with Crippen molar-refractivity contribution in [3.63, 3.8) is 0 Å². The number of hydrogen-bond acceptors (Lipinski definition) is 10. The number of hydrogen-bond donors (Lipinski definition) is 6. The van der Waals surface area contributed by atoms with E-state index in [-0.39, 0.29) is 6.61 Å². The van der Waals surface area contributed by atoms with E-state index in [0.29, 0.717) is 0 Å². The SMILES string of the molecule is O=C1CO[C@H](CO)[C@H](O[C@@H]2O[C@H](CO)[C@@H](O)[C@H](O)[C@H]2O)[C@@H]1O. The molecule has 0 radical (unpaired) electrons. The Balaban J connectivity index is 2.11. The Bertz CT molecular complexity index is 388. The third-order valence-corrected chi connectivity index (χ3v) is 3.77. The Morgan fingerprint density at radius 3 is 2.23 bits per heavy atom. The van der Waals surface area contributed by atoms with Crippen LogP contribution in [0.5, 0.6) is 0 Å². The molecule has 10 heteroatoms. The van der Waals surface area contributed by atoms with Crippen molar-refractivity contribution in [2.75, 3.05) is 19.8 Å². The highest BCUT2D eigenvalue weighted by atomic mass is 16.7. The van der Waals surface area contributed by atoms with Crippen molar-refractivity contribution in [2.24, 2.45) is 0 Å². The molecule has 0 unspecified atom stereocenters. The van der Waals surface area contributed by atoms with Crippen LogP contribution in [0.1, 0.15) is 0 Å². The van der Waals surface area contributed by atoms with E-state index in [2.05, 4.69) is 0 Å². The van der Waals surface area contributed by atoms with Gasteiger partial charge in [0, 0.05) is 0 Å². The average molecular weight is 324 g/mol. The maximum atomic E-state index is 11.5. The van der Waals surface area contributed by atoms with Crippen molar-refractivity contribution >= 4 is 5.78 Å². The van der Waals surface area contributed by atoms with Gasteiger partial charge in [0.1, 0.15) is 49.3 Å². The molecule has 2 aliphatic rings. The zero-order valence-electron chi connectivity index (χ0n) is 11.6. The van der Waals surface area contributed by atoms with Crippen molar-refractivity contribution in [1.29, 1.82) is 0 Å². The first kappa shape index (κ1) is 17.7. The summed E-state index contributed by atoms with van der Waals surface area (Å²) in [6.45, 7) is -1.58. The third-order valence-electron chi connectivity index (χ3n) is 3.77. The van der Waals surface area contributed by atoms with E-state index in [1.54, 1.807) is 0 Å². The number of rotatable bonds is 4. The van der Waals surface area contributed by atoms with Crippen molar-refractivity contribution in [3.8, 4) is 0 Å². The zero-order valence-corrected chi connectivity index (χ0v) is 11.6. The van der Waals surface area contributed by atoms with Crippen molar-refractivity contribution in [2.45, 2.75) is 49.0 Å². The molecule has 0 aromatic rings. The summed E-state index contributed by atoms with van der Waals surface area (Å²) in [5.74, 6) is -0.667. The molecule has 2 heterocycles. The van der Waals surface area contributed by atoms with Gasteiger partial charge in [-0.1, -0.05) is 0 Å². The molecule has 0 aromatic carbocycles. The number of aliphatic hydroxyl groups excluding tert-OH is 6. The lowest BCUT2D eigenvalue weighted by molar-refractivity contribution is -0.327. The Labute approximate surface area is 125 Å². The normalized spacial score (nSPS) is 46.7. The average Bonchev–Trinajstić information content (AvgIpc) is 2.52. The predicted molar refractivity (Wildman–Crippen MR) is 66.5 cm³/mol. The van der Waals surface area contributed by atoms with Crippen LogP contribution in [0.4, 0.5) is 0 Å². The minimum atomic E-state index is -1.68. The van der Waals surface area contributed by atoms with Gasteiger partial charge in [-0.25, -0.2) is 0 Å². The van der Waals surface area contributed by atoms with Crippen LogP contribution in [-0.2, 0) is 19.0 Å². The first-order chi connectivity index (χ1) is 10.4. The summed E-state index contributed by atoms with van der Waals surface area (Å²) in [7, 11) is 0. The number of Topliss-reactive ketones (excluding diaryl/α,β-unsaturated/α-hetero) is 1. The highest BCUT2D eigenvalue weighted by Gasteiger charge is 2.48. The monoisotopic (exact) mass is 324 g/mol. The Morgan fingerprint density at radius 2 is 1.64 bits per heavy atom. The molecule has 0 aromatic heterocycles. The van der Waals surface area contributed by atoms with Crippen molar-refractivity contribution in [1.82, 2.24) is 0 Å². The molecule has 8 atom stereocenters. The second-order valence-corrected chi connectivity index (χ2v) is 5.24. The minimum absolute atomic E-state index is 0.388. The van der Waals surface area contributed by atoms with E-state index in [1.807, 2.05) is 0 Å². The Kier molecular flexibility index (Phi) is 5.82. The fourth-order valence-electron chi connectivity index (χ4n) is 2.41. The number of aliphatic hydroxyl groups is 6. The first-order valence-electron chi connectivity index (χ1n) is 6.80. The number of carbonyl (C=O) groups is 1. The standard InChI is InChI=1S/C12H20O10/c13-1-5-8(17)9(18)10(19)12(21-5)22-11-6(2-14)20-3-4(15)7(11)16/h5-14,16-19H,1-3H2/t5-,6-,7-,8-,9+,10-,11+,12+/m1/s1. The molecule has 0 saturated carbocycles. The molecule has 22 heavy (non-hydrogen) atoms. The van der Waals surface area contributed by atoms with Gasteiger partial charge in [-0.2, -0.15) is 0 Å². The second-order valence-electron chi connectivity index (χ2n) is 5.24. The molecule has 0 spiro atoms. The van der Waals surface area contributed by atoms with Gasteiger partial charge >= 0.3 is 0 Å². The minimum Gasteiger partial charge on any atom is -0.394 e. The molecule has 6 N–H and O–H groups in total. The van der Waals surface area contributed by atoms with Crippen LogP contribution in [0.2, 0.25) is 0 Å². The third kappa shape index (κ3) is 3.30. The largest absolute Gasteiger partial charge is 0.394 e. The fraction of sp³-hybridized carbons (Fsp3) is 0.917. The molecule has 2 fully saturated rings. The van der Waals surface area contributed by atoms with Crippen LogP contribution >= 0.6 is 0 Å². The van der Waals surface area contributed by atoms with Crippen LogP contribution in [0.25, 0.3) is 0 Å². The number of carbonyl (C=O) groups excluding carboxylic acids is 1. The van der Waals surface area contributed by atoms with Gasteiger partial charge in [0.2, 0.25) is 0 Å². The maximum Gasteiger partial charge on any atom is 0.189 e. The lowest BCUT2D eigenvalue weighted by atomic mass is 9.98. The smallest absolute Gasteiger partial charge is 0.189 e. The molecular formula is C12H20O10. The lowest BCUT2D eigenvalue weighted by Crippen LogP contribution is -2.62. The van der Waals surface area contributed by atoms with Gasteiger partial charge in [0.25, 0.3) is 0 Å². The first-order valence-corrected chi connectivity index (χ1v) is 6.80. The summed E-state index contributed by atoms with van der Waals surface area (Å²) >= 11 is 0. The zero-order chi connectivity index (χ0) is 16.4. The molecule has 2 aliphatic heterocycles. The molecule has 0 amide bonds. The van der Waals surface area contributed by atoms with Crippen LogP contribution in [0.15, 0.2) is 0 Å². The van der Waals surface area contributed by atoms with Crippen LogP contribution in [-0.4, -0.2) is 105 Å². The predicted octanol–water partition coefficient (Wildman–Crippen LogP) is -4.51. The van der Waals surface area contributed by atoms with Crippen LogP contribution < -0.4 is 0 Å². The Morgan fingerprint density at radius 1 is 1.00 bits per heavy atom. The number of ether oxygens (including phenoxy) is 3. The summed E-state index contributed by atoms with van der Waals surface area (Å²) in [5.41, 5.74) is 0. The van der Waals surface area contributed by atoms with Gasteiger partial charge in [-0.05, 0) is 0 Å². The molecule has 2 rings (SSSR count). The van der Waals surface area contributed by atoms with Gasteiger partial charge < -0.3 is 44.8 Å². The summed E-state index contributed by atoms with van der Waals surface area (Å²) in [6, 6.07) is 0. The molecule has 0 bridgehead atoms. The van der Waals surface area contributed by atoms with E-state index >= 15 is 0 Å².